The fourth-order valence-corrected chi connectivity index (χ4v) is 2.89. The fraction of sp³-hybridized carbons (Fsp3) is 0.312. The number of benzene rings is 1. The van der Waals surface area contributed by atoms with Gasteiger partial charge in [0.15, 0.2) is 0 Å². The Kier molecular flexibility index (Phi) is 4.66. The average molecular weight is 368 g/mol. The molecule has 0 radical (unpaired) electrons. The summed E-state index contributed by atoms with van der Waals surface area (Å²) in [4.78, 5) is 6.73. The van der Waals surface area contributed by atoms with Gasteiger partial charge in [-0.15, -0.1) is 0 Å². The third-order valence-corrected chi connectivity index (χ3v) is 4.39. The smallest absolute Gasteiger partial charge is 0.138 e. The predicted molar refractivity (Wildman–Crippen MR) is 89.3 cm³/mol. The van der Waals surface area contributed by atoms with Crippen LogP contribution in [0.4, 0.5) is 5.82 Å². The number of para-hydroxylation sites is 1. The maximum Gasteiger partial charge on any atom is 0.138 e. The third kappa shape index (κ3) is 3.69. The van der Waals surface area contributed by atoms with Gasteiger partial charge >= 0.3 is 0 Å². The van der Waals surface area contributed by atoms with Crippen LogP contribution in [-0.4, -0.2) is 24.2 Å². The van der Waals surface area contributed by atoms with E-state index >= 15 is 0 Å². The standard InChI is InChI=1S/C16H16BrClN2O/c17-12-5-6-16(19-11-12)20-9-7-13(8-10-20)21-15-4-2-1-3-14(15)18/h1-6,11,13H,7-10H2. The van der Waals surface area contributed by atoms with Crippen molar-refractivity contribution in [2.24, 2.45) is 0 Å². The van der Waals surface area contributed by atoms with Gasteiger partial charge < -0.3 is 9.64 Å². The minimum Gasteiger partial charge on any atom is -0.489 e. The molecule has 1 aromatic heterocycles. The summed E-state index contributed by atoms with van der Waals surface area (Å²) in [7, 11) is 0. The number of halogens is 2. The van der Waals surface area contributed by atoms with Crippen LogP contribution in [-0.2, 0) is 0 Å². The first-order valence-electron chi connectivity index (χ1n) is 7.00. The van der Waals surface area contributed by atoms with Crippen LogP contribution < -0.4 is 9.64 Å². The van der Waals surface area contributed by atoms with Gasteiger partial charge in [-0.1, -0.05) is 23.7 Å². The van der Waals surface area contributed by atoms with Gasteiger partial charge in [-0.2, -0.15) is 0 Å². The minimum atomic E-state index is 0.219. The first-order valence-corrected chi connectivity index (χ1v) is 8.17. The quantitative estimate of drug-likeness (QED) is 0.796. The van der Waals surface area contributed by atoms with E-state index in [1.165, 1.54) is 0 Å². The Balaban J connectivity index is 1.58. The highest BCUT2D eigenvalue weighted by Gasteiger charge is 2.21. The second kappa shape index (κ2) is 6.67. The van der Waals surface area contributed by atoms with Crippen molar-refractivity contribution in [2.75, 3.05) is 18.0 Å². The molecule has 0 amide bonds. The monoisotopic (exact) mass is 366 g/mol. The molecule has 1 fully saturated rings. The summed E-state index contributed by atoms with van der Waals surface area (Å²) >= 11 is 9.54. The molecule has 2 heterocycles. The van der Waals surface area contributed by atoms with Gasteiger partial charge in [-0.25, -0.2) is 4.98 Å². The molecule has 21 heavy (non-hydrogen) atoms. The summed E-state index contributed by atoms with van der Waals surface area (Å²) in [6.07, 6.45) is 4.00. The van der Waals surface area contributed by atoms with Crippen molar-refractivity contribution >= 4 is 33.3 Å². The lowest BCUT2D eigenvalue weighted by Crippen LogP contribution is -2.38. The molecule has 0 N–H and O–H groups in total. The van der Waals surface area contributed by atoms with Gasteiger partial charge in [0.25, 0.3) is 0 Å². The first kappa shape index (κ1) is 14.7. The Labute approximate surface area is 138 Å². The lowest BCUT2D eigenvalue weighted by Gasteiger charge is -2.33. The Morgan fingerprint density at radius 3 is 2.57 bits per heavy atom. The number of anilines is 1. The fourth-order valence-electron chi connectivity index (χ4n) is 2.48. The molecule has 0 saturated carbocycles. The van der Waals surface area contributed by atoms with Crippen molar-refractivity contribution in [3.63, 3.8) is 0 Å². The van der Waals surface area contributed by atoms with E-state index in [0.717, 1.165) is 42.0 Å². The zero-order valence-corrected chi connectivity index (χ0v) is 13.8. The summed E-state index contributed by atoms with van der Waals surface area (Å²) in [6.45, 7) is 1.90. The van der Waals surface area contributed by atoms with Crippen LogP contribution in [0, 0.1) is 0 Å². The van der Waals surface area contributed by atoms with Crippen molar-refractivity contribution in [1.82, 2.24) is 4.98 Å². The molecule has 3 nitrogen and oxygen atoms in total. The third-order valence-electron chi connectivity index (χ3n) is 3.61. The molecule has 2 aromatic rings. The molecular formula is C16H16BrClN2O. The summed E-state index contributed by atoms with van der Waals surface area (Å²) in [6, 6.07) is 11.7. The molecular weight excluding hydrogens is 352 g/mol. The van der Waals surface area contributed by atoms with E-state index in [-0.39, 0.29) is 6.10 Å². The van der Waals surface area contributed by atoms with Gasteiger partial charge in [-0.3, -0.25) is 0 Å². The zero-order chi connectivity index (χ0) is 14.7. The highest BCUT2D eigenvalue weighted by atomic mass is 79.9. The Bertz CT molecular complexity index is 597. The summed E-state index contributed by atoms with van der Waals surface area (Å²) in [5.74, 6) is 1.80. The van der Waals surface area contributed by atoms with Crippen LogP contribution in [0.15, 0.2) is 47.1 Å². The number of pyridine rings is 1. The summed E-state index contributed by atoms with van der Waals surface area (Å²) < 4.78 is 7.01. The maximum atomic E-state index is 6.13. The number of ether oxygens (including phenoxy) is 1. The van der Waals surface area contributed by atoms with Crippen molar-refractivity contribution in [2.45, 2.75) is 18.9 Å². The van der Waals surface area contributed by atoms with E-state index in [0.29, 0.717) is 5.02 Å². The van der Waals surface area contributed by atoms with E-state index in [1.807, 2.05) is 42.6 Å². The number of aromatic nitrogens is 1. The molecule has 1 saturated heterocycles. The predicted octanol–water partition coefficient (Wildman–Crippen LogP) is 4.55. The molecule has 0 bridgehead atoms. The van der Waals surface area contributed by atoms with E-state index < -0.39 is 0 Å². The number of hydrogen-bond donors (Lipinski definition) is 0. The average Bonchev–Trinajstić information content (AvgIpc) is 2.51. The summed E-state index contributed by atoms with van der Waals surface area (Å²) in [5, 5.41) is 0.675. The van der Waals surface area contributed by atoms with E-state index in [2.05, 4.69) is 25.8 Å². The van der Waals surface area contributed by atoms with E-state index in [9.17, 15) is 0 Å². The molecule has 0 unspecified atom stereocenters. The normalized spacial score (nSPS) is 16.0. The molecule has 0 atom stereocenters. The SMILES string of the molecule is Clc1ccccc1OC1CCN(c2ccc(Br)cn2)CC1. The van der Waals surface area contributed by atoms with Crippen molar-refractivity contribution in [3.8, 4) is 5.75 Å². The molecule has 110 valence electrons. The lowest BCUT2D eigenvalue weighted by molar-refractivity contribution is 0.171. The van der Waals surface area contributed by atoms with Crippen molar-refractivity contribution in [1.29, 1.82) is 0 Å². The molecule has 0 aliphatic carbocycles. The topological polar surface area (TPSA) is 25.4 Å². The van der Waals surface area contributed by atoms with Crippen LogP contribution in [0.2, 0.25) is 5.02 Å². The van der Waals surface area contributed by atoms with Gasteiger partial charge in [0.1, 0.15) is 17.7 Å². The van der Waals surface area contributed by atoms with Crippen molar-refractivity contribution < 1.29 is 4.74 Å². The van der Waals surface area contributed by atoms with E-state index in [4.69, 9.17) is 16.3 Å². The van der Waals surface area contributed by atoms with Gasteiger partial charge in [0.05, 0.1) is 5.02 Å². The highest BCUT2D eigenvalue weighted by molar-refractivity contribution is 9.10. The van der Waals surface area contributed by atoms with Crippen LogP contribution in [0.25, 0.3) is 0 Å². The van der Waals surface area contributed by atoms with Crippen LogP contribution in [0.5, 0.6) is 5.75 Å². The first-order chi connectivity index (χ1) is 10.2. The minimum absolute atomic E-state index is 0.219. The molecule has 1 aromatic carbocycles. The Morgan fingerprint density at radius 2 is 1.90 bits per heavy atom. The maximum absolute atomic E-state index is 6.13. The largest absolute Gasteiger partial charge is 0.489 e. The molecule has 1 aliphatic rings. The highest BCUT2D eigenvalue weighted by Crippen LogP contribution is 2.27. The number of rotatable bonds is 3. The summed E-state index contributed by atoms with van der Waals surface area (Å²) in [5.41, 5.74) is 0. The van der Waals surface area contributed by atoms with E-state index in [1.54, 1.807) is 0 Å². The van der Waals surface area contributed by atoms with Gasteiger partial charge in [-0.05, 0) is 40.2 Å². The molecule has 1 aliphatic heterocycles. The number of nitrogens with zero attached hydrogens (tertiary/aromatic N) is 2. The van der Waals surface area contributed by atoms with Crippen LogP contribution in [0.1, 0.15) is 12.8 Å². The Hall–Kier alpha value is -1.26. The van der Waals surface area contributed by atoms with Crippen molar-refractivity contribution in [3.05, 3.63) is 52.1 Å². The molecule has 5 heteroatoms. The van der Waals surface area contributed by atoms with Gasteiger partial charge in [0, 0.05) is 36.6 Å². The Morgan fingerprint density at radius 1 is 1.14 bits per heavy atom. The lowest BCUT2D eigenvalue weighted by atomic mass is 10.1. The molecule has 3 rings (SSSR count). The number of piperidine rings is 1. The molecule has 0 spiro atoms. The number of hydrogen-bond acceptors (Lipinski definition) is 3. The van der Waals surface area contributed by atoms with Gasteiger partial charge in [0.2, 0.25) is 0 Å². The van der Waals surface area contributed by atoms with Crippen LogP contribution in [0.3, 0.4) is 0 Å². The van der Waals surface area contributed by atoms with Crippen LogP contribution >= 0.6 is 27.5 Å². The second-order valence-corrected chi connectivity index (χ2v) is 6.39. The zero-order valence-electron chi connectivity index (χ0n) is 11.5. The second-order valence-electron chi connectivity index (χ2n) is 5.07.